The highest BCUT2D eigenvalue weighted by Gasteiger charge is 2.14. The van der Waals surface area contributed by atoms with Gasteiger partial charge in [-0.05, 0) is 41.7 Å². The van der Waals surface area contributed by atoms with E-state index in [9.17, 15) is 0 Å². The van der Waals surface area contributed by atoms with Crippen LogP contribution in [0.3, 0.4) is 0 Å². The number of benzene rings is 2. The summed E-state index contributed by atoms with van der Waals surface area (Å²) >= 11 is 12.4. The Bertz CT molecular complexity index is 929. The Morgan fingerprint density at radius 3 is 2.66 bits per heavy atom. The molecule has 1 heterocycles. The molecule has 0 spiro atoms. The molecule has 0 bridgehead atoms. The number of aromatic nitrogens is 4. The van der Waals surface area contributed by atoms with Crippen molar-refractivity contribution in [3.05, 3.63) is 58.1 Å². The summed E-state index contributed by atoms with van der Waals surface area (Å²) in [5.41, 5.74) is 1.62. The Hall–Kier alpha value is -2.35. The minimum Gasteiger partial charge on any atom is -0.492 e. The van der Waals surface area contributed by atoms with E-state index in [4.69, 9.17) is 27.9 Å². The van der Waals surface area contributed by atoms with E-state index in [-0.39, 0.29) is 0 Å². The van der Waals surface area contributed by atoms with Crippen molar-refractivity contribution in [3.8, 4) is 11.4 Å². The number of halogens is 2. The summed E-state index contributed by atoms with van der Waals surface area (Å²) < 4.78 is 7.54. The summed E-state index contributed by atoms with van der Waals surface area (Å²) in [5.74, 6) is 1.30. The van der Waals surface area contributed by atoms with Gasteiger partial charge in [-0.2, -0.15) is 4.68 Å². The Balaban J connectivity index is 1.69. The minimum absolute atomic E-state index is 0.393. The second-order valence-electron chi connectivity index (χ2n) is 6.32. The van der Waals surface area contributed by atoms with Gasteiger partial charge in [0.25, 0.3) is 0 Å². The summed E-state index contributed by atoms with van der Waals surface area (Å²) in [6, 6.07) is 13.2. The zero-order valence-electron chi connectivity index (χ0n) is 16.5. The molecule has 2 aromatic carbocycles. The van der Waals surface area contributed by atoms with E-state index in [1.54, 1.807) is 18.2 Å². The van der Waals surface area contributed by atoms with Gasteiger partial charge in [0.05, 0.1) is 15.7 Å². The molecule has 0 saturated heterocycles. The van der Waals surface area contributed by atoms with Crippen LogP contribution in [0.1, 0.15) is 19.4 Å². The van der Waals surface area contributed by atoms with Crippen molar-refractivity contribution in [2.45, 2.75) is 20.4 Å². The normalized spacial score (nSPS) is 11.1. The lowest BCUT2D eigenvalue weighted by Crippen LogP contribution is -2.28. The van der Waals surface area contributed by atoms with E-state index < -0.39 is 0 Å². The molecular weight excluding hydrogens is 411 g/mol. The van der Waals surface area contributed by atoms with Crippen LogP contribution in [-0.2, 0) is 6.54 Å². The van der Waals surface area contributed by atoms with Gasteiger partial charge in [-0.25, -0.2) is 0 Å². The van der Waals surface area contributed by atoms with Gasteiger partial charge < -0.3 is 15.0 Å². The minimum atomic E-state index is 0.393. The summed E-state index contributed by atoms with van der Waals surface area (Å²) in [4.78, 5) is 2.32. The van der Waals surface area contributed by atoms with E-state index in [0.29, 0.717) is 34.8 Å². The first-order valence-electron chi connectivity index (χ1n) is 9.53. The summed E-state index contributed by atoms with van der Waals surface area (Å²) in [7, 11) is 0. The number of tetrazole rings is 1. The molecule has 0 fully saturated rings. The van der Waals surface area contributed by atoms with Gasteiger partial charge in [0, 0.05) is 18.7 Å². The molecule has 1 aromatic heterocycles. The quantitative estimate of drug-likeness (QED) is 0.512. The molecule has 154 valence electrons. The van der Waals surface area contributed by atoms with Gasteiger partial charge in [-0.15, -0.1) is 0 Å². The molecule has 0 unspecified atom stereocenters. The highest BCUT2D eigenvalue weighted by atomic mass is 35.5. The average molecular weight is 435 g/mol. The molecule has 0 radical (unpaired) electrons. The third-order valence-corrected chi connectivity index (χ3v) is 5.41. The molecule has 0 saturated carbocycles. The van der Waals surface area contributed by atoms with Crippen LogP contribution < -0.4 is 10.1 Å². The van der Waals surface area contributed by atoms with Crippen LogP contribution in [0.15, 0.2) is 42.5 Å². The summed E-state index contributed by atoms with van der Waals surface area (Å²) in [6.07, 6.45) is 0. The fraction of sp³-hybridized carbons (Fsp3) is 0.350. The molecule has 0 amide bonds. The van der Waals surface area contributed by atoms with Crippen molar-refractivity contribution in [2.75, 3.05) is 31.6 Å². The molecule has 29 heavy (non-hydrogen) atoms. The molecule has 1 N–H and O–H groups in total. The Labute approximate surface area is 180 Å². The van der Waals surface area contributed by atoms with E-state index in [0.717, 1.165) is 30.9 Å². The second-order valence-corrected chi connectivity index (χ2v) is 7.11. The zero-order valence-corrected chi connectivity index (χ0v) is 18.0. The first-order valence-corrected chi connectivity index (χ1v) is 10.3. The highest BCUT2D eigenvalue weighted by Crippen LogP contribution is 2.29. The van der Waals surface area contributed by atoms with Crippen molar-refractivity contribution >= 4 is 29.2 Å². The SMILES string of the molecule is CCN(CC)CCOc1ccccc1CNc1nnnn1-c1cccc(Cl)c1Cl. The number of hydrogen-bond acceptors (Lipinski definition) is 6. The summed E-state index contributed by atoms with van der Waals surface area (Å²) in [5, 5.41) is 15.9. The van der Waals surface area contributed by atoms with Crippen LogP contribution in [0.2, 0.25) is 10.0 Å². The molecular formula is C20H24Cl2N6O. The van der Waals surface area contributed by atoms with Crippen molar-refractivity contribution in [1.82, 2.24) is 25.1 Å². The monoisotopic (exact) mass is 434 g/mol. The van der Waals surface area contributed by atoms with Crippen LogP contribution in [0, 0.1) is 0 Å². The van der Waals surface area contributed by atoms with Gasteiger partial charge in [0.1, 0.15) is 12.4 Å². The molecule has 0 aliphatic rings. The number of nitrogens with zero attached hydrogens (tertiary/aromatic N) is 5. The number of nitrogens with one attached hydrogen (secondary N) is 1. The lowest BCUT2D eigenvalue weighted by Gasteiger charge is -2.19. The molecule has 0 aliphatic carbocycles. The highest BCUT2D eigenvalue weighted by molar-refractivity contribution is 6.43. The van der Waals surface area contributed by atoms with Gasteiger partial charge in [-0.3, -0.25) is 0 Å². The van der Waals surface area contributed by atoms with Gasteiger partial charge in [0.15, 0.2) is 0 Å². The molecule has 3 aromatic rings. The van der Waals surface area contributed by atoms with Gasteiger partial charge in [-0.1, -0.05) is 66.4 Å². The molecule has 3 rings (SSSR count). The smallest absolute Gasteiger partial charge is 0.248 e. The fourth-order valence-electron chi connectivity index (χ4n) is 2.91. The van der Waals surface area contributed by atoms with Crippen LogP contribution in [0.25, 0.3) is 5.69 Å². The predicted molar refractivity (Wildman–Crippen MR) is 116 cm³/mol. The van der Waals surface area contributed by atoms with Crippen molar-refractivity contribution in [1.29, 1.82) is 0 Å². The number of rotatable bonds is 10. The maximum Gasteiger partial charge on any atom is 0.248 e. The van der Waals surface area contributed by atoms with E-state index in [1.807, 2.05) is 24.3 Å². The van der Waals surface area contributed by atoms with E-state index in [2.05, 4.69) is 39.6 Å². The summed E-state index contributed by atoms with van der Waals surface area (Å²) in [6.45, 7) is 8.35. The maximum atomic E-state index is 6.31. The first-order chi connectivity index (χ1) is 14.1. The predicted octanol–water partition coefficient (Wildman–Crippen LogP) is 4.30. The van der Waals surface area contributed by atoms with Crippen LogP contribution in [-0.4, -0.2) is 51.3 Å². The largest absolute Gasteiger partial charge is 0.492 e. The lowest BCUT2D eigenvalue weighted by atomic mass is 10.2. The maximum absolute atomic E-state index is 6.31. The van der Waals surface area contributed by atoms with Crippen LogP contribution in [0.5, 0.6) is 5.75 Å². The van der Waals surface area contributed by atoms with E-state index in [1.165, 1.54) is 4.68 Å². The zero-order chi connectivity index (χ0) is 20.6. The molecule has 7 nitrogen and oxygen atoms in total. The fourth-order valence-corrected chi connectivity index (χ4v) is 3.28. The molecule has 9 heteroatoms. The molecule has 0 aliphatic heterocycles. The lowest BCUT2D eigenvalue weighted by molar-refractivity contribution is 0.222. The number of para-hydroxylation sites is 1. The van der Waals surface area contributed by atoms with Crippen LogP contribution in [0.4, 0.5) is 5.95 Å². The van der Waals surface area contributed by atoms with Crippen molar-refractivity contribution in [2.24, 2.45) is 0 Å². The number of hydrogen-bond donors (Lipinski definition) is 1. The average Bonchev–Trinajstić information content (AvgIpc) is 3.21. The second kappa shape index (κ2) is 10.4. The van der Waals surface area contributed by atoms with E-state index >= 15 is 0 Å². The number of likely N-dealkylation sites (N-methyl/N-ethyl adjacent to an activating group) is 1. The topological polar surface area (TPSA) is 68.1 Å². The Morgan fingerprint density at radius 1 is 1.07 bits per heavy atom. The number of ether oxygens (including phenoxy) is 1. The standard InChI is InChI=1S/C20H24Cl2N6O/c1-3-27(4-2)12-13-29-18-11-6-5-8-15(18)14-23-20-24-25-26-28(20)17-10-7-9-16(21)19(17)22/h5-11H,3-4,12-14H2,1-2H3,(H,23,24,26). The Morgan fingerprint density at radius 2 is 1.86 bits per heavy atom. The van der Waals surface area contributed by atoms with Crippen molar-refractivity contribution < 1.29 is 4.74 Å². The van der Waals surface area contributed by atoms with Gasteiger partial charge in [0.2, 0.25) is 5.95 Å². The third-order valence-electron chi connectivity index (χ3n) is 4.60. The van der Waals surface area contributed by atoms with Gasteiger partial charge >= 0.3 is 0 Å². The van der Waals surface area contributed by atoms with Crippen molar-refractivity contribution in [3.63, 3.8) is 0 Å². The first kappa shape index (κ1) is 21.4. The third kappa shape index (κ3) is 5.38. The van der Waals surface area contributed by atoms with Crippen LogP contribution >= 0.6 is 23.2 Å². The number of anilines is 1. The Kier molecular flexibility index (Phi) is 7.69. The molecule has 0 atom stereocenters.